The third-order valence-electron chi connectivity index (χ3n) is 4.74. The standard InChI is InChI=1S/C13H2F22O6S/c14-3(15,1(36)37)5(17,18)4(16,2(38)39)42(40,41)13(34,35)11(29,30)9(25,26)7(21,22)6(19,20)8(23,24)10(27,28)12(31,32)33/h(H,36,37)(H,38,39). The second-order valence-corrected chi connectivity index (χ2v) is 9.40. The van der Waals surface area contributed by atoms with Crippen LogP contribution in [0.3, 0.4) is 0 Å². The molecule has 0 aromatic carbocycles. The quantitative estimate of drug-likeness (QED) is 0.261. The van der Waals surface area contributed by atoms with Crippen LogP contribution in [0.1, 0.15) is 0 Å². The topological polar surface area (TPSA) is 109 Å². The molecule has 0 aliphatic rings. The van der Waals surface area contributed by atoms with E-state index in [-0.39, 0.29) is 0 Å². The van der Waals surface area contributed by atoms with Gasteiger partial charge in [-0.3, -0.25) is 0 Å². The minimum absolute atomic E-state index is 4.62. The lowest BCUT2D eigenvalue weighted by atomic mass is 9.91. The highest BCUT2D eigenvalue weighted by atomic mass is 32.2. The average Bonchev–Trinajstić information content (AvgIpc) is 2.75. The van der Waals surface area contributed by atoms with Crippen molar-refractivity contribution in [2.75, 3.05) is 0 Å². The molecule has 29 heteroatoms. The second kappa shape index (κ2) is 9.42. The third-order valence-corrected chi connectivity index (χ3v) is 6.85. The Kier molecular flexibility index (Phi) is 8.83. The van der Waals surface area contributed by atoms with Crippen LogP contribution in [0.25, 0.3) is 0 Å². The van der Waals surface area contributed by atoms with Crippen LogP contribution in [-0.4, -0.2) is 94.4 Å². The molecule has 1 unspecified atom stereocenters. The second-order valence-electron chi connectivity index (χ2n) is 7.32. The average molecular weight is 704 g/mol. The number of carbonyl (C=O) groups is 2. The molecule has 0 aliphatic heterocycles. The van der Waals surface area contributed by atoms with E-state index in [1.807, 2.05) is 0 Å². The molecule has 0 saturated carbocycles. The van der Waals surface area contributed by atoms with Crippen LogP contribution in [0, 0.1) is 0 Å². The van der Waals surface area contributed by atoms with Crippen LogP contribution in [0.15, 0.2) is 0 Å². The maximum Gasteiger partial charge on any atom is 0.460 e. The predicted molar refractivity (Wildman–Crippen MR) is 78.6 cm³/mol. The molecule has 0 aromatic rings. The van der Waals surface area contributed by atoms with E-state index < -0.39 is 85.6 Å². The number of sulfone groups is 1. The summed E-state index contributed by atoms with van der Waals surface area (Å²) >= 11 is 0. The largest absolute Gasteiger partial charge is 0.478 e. The molecular formula is C13H2F22O6S. The number of aliphatic carboxylic acids is 2. The van der Waals surface area contributed by atoms with E-state index in [1.165, 1.54) is 0 Å². The van der Waals surface area contributed by atoms with Crippen LogP contribution in [0.5, 0.6) is 0 Å². The molecule has 6 nitrogen and oxygen atoms in total. The van der Waals surface area contributed by atoms with E-state index in [2.05, 4.69) is 0 Å². The number of halogens is 22. The summed E-state index contributed by atoms with van der Waals surface area (Å²) in [7, 11) is -10.1. The predicted octanol–water partition coefficient (Wildman–Crippen LogP) is 5.47. The lowest BCUT2D eigenvalue weighted by Crippen LogP contribution is -2.77. The highest BCUT2D eigenvalue weighted by Gasteiger charge is 2.98. The molecule has 0 spiro atoms. The zero-order valence-corrected chi connectivity index (χ0v) is 18.6. The van der Waals surface area contributed by atoms with Crippen LogP contribution >= 0.6 is 0 Å². The first kappa shape index (κ1) is 39.4. The summed E-state index contributed by atoms with van der Waals surface area (Å²) in [5.41, 5.74) is 0. The van der Waals surface area contributed by atoms with Gasteiger partial charge in [0.1, 0.15) is 0 Å². The van der Waals surface area contributed by atoms with Gasteiger partial charge in [0.25, 0.3) is 9.84 Å². The molecule has 0 aliphatic carbocycles. The molecule has 2 N–H and O–H groups in total. The van der Waals surface area contributed by atoms with E-state index in [0.29, 0.717) is 0 Å². The summed E-state index contributed by atoms with van der Waals surface area (Å²) in [5.74, 6) is -81.8. The molecule has 0 saturated heterocycles. The first-order valence-electron chi connectivity index (χ1n) is 8.50. The zero-order chi connectivity index (χ0) is 35.2. The molecule has 1 atom stereocenters. The molecule has 0 rings (SSSR count). The Balaban J connectivity index is 7.73. The molecule has 0 fully saturated rings. The Morgan fingerprint density at radius 3 is 0.905 bits per heavy atom. The minimum atomic E-state index is -10.1. The highest BCUT2D eigenvalue weighted by Crippen LogP contribution is 2.65. The number of rotatable bonds is 12. The minimum Gasteiger partial charge on any atom is -0.478 e. The van der Waals surface area contributed by atoms with E-state index in [9.17, 15) is 115 Å². The van der Waals surface area contributed by atoms with Crippen LogP contribution < -0.4 is 0 Å². The van der Waals surface area contributed by atoms with Gasteiger partial charge >= 0.3 is 75.8 Å². The zero-order valence-electron chi connectivity index (χ0n) is 17.8. The number of carboxylic acids is 2. The van der Waals surface area contributed by atoms with Crippen molar-refractivity contribution in [3.8, 4) is 0 Å². The van der Waals surface area contributed by atoms with Gasteiger partial charge in [0.15, 0.2) is 0 Å². The molecule has 0 amide bonds. The summed E-state index contributed by atoms with van der Waals surface area (Å²) in [5, 5.41) is -1.73. The Labute approximate surface area is 211 Å². The SMILES string of the molecule is O=C(O)C(F)(F)C(F)(F)C(F)(C(=O)O)S(=O)(=O)C(F)(F)C(F)(F)C(F)(F)C(F)(F)C(F)(F)C(F)(F)C(F)(F)C(F)(F)F. The fourth-order valence-electron chi connectivity index (χ4n) is 2.25. The van der Waals surface area contributed by atoms with Gasteiger partial charge in [-0.1, -0.05) is 0 Å². The lowest BCUT2D eigenvalue weighted by molar-refractivity contribution is -0.458. The van der Waals surface area contributed by atoms with Gasteiger partial charge in [-0.2, -0.15) is 92.2 Å². The van der Waals surface area contributed by atoms with Gasteiger partial charge in [-0.05, 0) is 0 Å². The van der Waals surface area contributed by atoms with Crippen LogP contribution in [0.4, 0.5) is 96.6 Å². The van der Waals surface area contributed by atoms with Crippen LogP contribution in [-0.2, 0) is 19.4 Å². The molecule has 42 heavy (non-hydrogen) atoms. The summed E-state index contributed by atoms with van der Waals surface area (Å²) < 4.78 is 315. The Morgan fingerprint density at radius 1 is 0.405 bits per heavy atom. The molecule has 0 radical (unpaired) electrons. The van der Waals surface area contributed by atoms with Crippen molar-refractivity contribution in [3.63, 3.8) is 0 Å². The summed E-state index contributed by atoms with van der Waals surface area (Å²) in [6.45, 7) is 0. The van der Waals surface area contributed by atoms with Crippen molar-refractivity contribution >= 4 is 21.8 Å². The molecular weight excluding hydrogens is 702 g/mol. The normalized spacial score (nSPS) is 17.6. The van der Waals surface area contributed by atoms with Crippen molar-refractivity contribution < 1.29 is 125 Å². The van der Waals surface area contributed by atoms with Gasteiger partial charge in [-0.15, -0.1) is 0 Å². The molecule has 0 bridgehead atoms. The maximum absolute atomic E-state index is 14.3. The fourth-order valence-corrected chi connectivity index (χ4v) is 3.76. The van der Waals surface area contributed by atoms with E-state index in [4.69, 9.17) is 10.2 Å². The summed E-state index contributed by atoms with van der Waals surface area (Å²) in [6.07, 6.45) is -8.20. The van der Waals surface area contributed by atoms with Crippen LogP contribution in [0.2, 0.25) is 0 Å². The number of alkyl halides is 22. The Hall–Kier alpha value is -2.65. The van der Waals surface area contributed by atoms with E-state index in [1.54, 1.807) is 0 Å². The van der Waals surface area contributed by atoms with Gasteiger partial charge < -0.3 is 10.2 Å². The van der Waals surface area contributed by atoms with Crippen molar-refractivity contribution in [3.05, 3.63) is 0 Å². The molecule has 250 valence electrons. The Morgan fingerprint density at radius 2 is 0.667 bits per heavy atom. The van der Waals surface area contributed by atoms with Crippen molar-refractivity contribution in [2.45, 2.75) is 63.8 Å². The number of hydrogen-bond acceptors (Lipinski definition) is 4. The van der Waals surface area contributed by atoms with Crippen molar-refractivity contribution in [2.24, 2.45) is 0 Å². The first-order valence-corrected chi connectivity index (χ1v) is 9.99. The van der Waals surface area contributed by atoms with Gasteiger partial charge in [0, 0.05) is 0 Å². The first-order chi connectivity index (χ1) is 17.6. The number of hydrogen-bond donors (Lipinski definition) is 2. The highest BCUT2D eigenvalue weighted by molar-refractivity contribution is 7.94. The maximum atomic E-state index is 14.3. The monoisotopic (exact) mass is 704 g/mol. The molecule has 0 aromatic heterocycles. The lowest BCUT2D eigenvalue weighted by Gasteiger charge is -2.43. The summed E-state index contributed by atoms with van der Waals surface area (Å²) in [4.78, 5) is 20.7. The van der Waals surface area contributed by atoms with Crippen molar-refractivity contribution in [1.29, 1.82) is 0 Å². The van der Waals surface area contributed by atoms with E-state index >= 15 is 0 Å². The van der Waals surface area contributed by atoms with Gasteiger partial charge in [0.05, 0.1) is 0 Å². The van der Waals surface area contributed by atoms with Gasteiger partial charge in [0.2, 0.25) is 0 Å². The van der Waals surface area contributed by atoms with Crippen molar-refractivity contribution in [1.82, 2.24) is 0 Å². The van der Waals surface area contributed by atoms with Gasteiger partial charge in [-0.25, -0.2) is 22.4 Å². The smallest absolute Gasteiger partial charge is 0.460 e. The number of carboxylic acid groups (broad SMARTS) is 2. The third kappa shape index (κ3) is 4.20. The Bertz CT molecular complexity index is 1200. The molecule has 0 heterocycles. The summed E-state index contributed by atoms with van der Waals surface area (Å²) in [6, 6.07) is 0. The van der Waals surface area contributed by atoms with E-state index in [0.717, 1.165) is 0 Å². The fraction of sp³-hybridized carbons (Fsp3) is 0.846.